The van der Waals surface area contributed by atoms with Gasteiger partial charge in [-0.1, -0.05) is 20.8 Å². The largest absolute Gasteiger partial charge is 0.472 e. The Morgan fingerprint density at radius 3 is 2.43 bits per heavy atom. The van der Waals surface area contributed by atoms with Crippen LogP contribution in [0.1, 0.15) is 70.9 Å². The summed E-state index contributed by atoms with van der Waals surface area (Å²) in [6.07, 6.45) is 12.4. The standard InChI is InChI=1S/C19H29NO/c1-4-20-16(15-5-6-21-10-15)19-9-14-7-17(2,12-19)11-18(3,8-14)13-19/h5-6,10,14,16,20H,4,7-9,11-13H2,1-3H3. The third-order valence-electron chi connectivity index (χ3n) is 6.57. The molecule has 3 unspecified atom stereocenters. The van der Waals surface area contributed by atoms with E-state index in [2.05, 4.69) is 32.2 Å². The van der Waals surface area contributed by atoms with Gasteiger partial charge in [0.05, 0.1) is 12.5 Å². The predicted octanol–water partition coefficient (Wildman–Crippen LogP) is 4.93. The fourth-order valence-electron chi connectivity index (χ4n) is 7.19. The van der Waals surface area contributed by atoms with E-state index in [1.807, 2.05) is 12.5 Å². The molecule has 4 bridgehead atoms. The Balaban J connectivity index is 1.75. The van der Waals surface area contributed by atoms with Gasteiger partial charge < -0.3 is 9.73 Å². The van der Waals surface area contributed by atoms with Gasteiger partial charge in [-0.15, -0.1) is 0 Å². The molecule has 5 rings (SSSR count). The van der Waals surface area contributed by atoms with Crippen molar-refractivity contribution in [3.8, 4) is 0 Å². The third-order valence-corrected chi connectivity index (χ3v) is 6.57. The van der Waals surface area contributed by atoms with Crippen molar-refractivity contribution < 1.29 is 4.42 Å². The molecule has 0 aliphatic heterocycles. The van der Waals surface area contributed by atoms with Crippen LogP contribution >= 0.6 is 0 Å². The van der Waals surface area contributed by atoms with Gasteiger partial charge in [0.2, 0.25) is 0 Å². The van der Waals surface area contributed by atoms with Crippen LogP contribution in [0.15, 0.2) is 23.0 Å². The van der Waals surface area contributed by atoms with Crippen LogP contribution < -0.4 is 5.32 Å². The van der Waals surface area contributed by atoms with Crippen LogP contribution in [-0.4, -0.2) is 6.54 Å². The highest BCUT2D eigenvalue weighted by atomic mass is 16.3. The van der Waals surface area contributed by atoms with Gasteiger partial charge in [0.25, 0.3) is 0 Å². The van der Waals surface area contributed by atoms with E-state index in [4.69, 9.17) is 4.42 Å². The van der Waals surface area contributed by atoms with Gasteiger partial charge in [-0.3, -0.25) is 0 Å². The molecule has 4 fully saturated rings. The predicted molar refractivity (Wildman–Crippen MR) is 85.0 cm³/mol. The van der Waals surface area contributed by atoms with Crippen molar-refractivity contribution in [1.29, 1.82) is 0 Å². The number of hydrogen-bond acceptors (Lipinski definition) is 2. The van der Waals surface area contributed by atoms with Crippen LogP contribution in [0.2, 0.25) is 0 Å². The van der Waals surface area contributed by atoms with Crippen molar-refractivity contribution in [2.45, 2.75) is 65.3 Å². The molecule has 0 amide bonds. The zero-order chi connectivity index (χ0) is 14.7. The fraction of sp³-hybridized carbons (Fsp3) is 0.789. The Morgan fingerprint density at radius 2 is 1.90 bits per heavy atom. The lowest BCUT2D eigenvalue weighted by Crippen LogP contribution is -2.58. The highest BCUT2D eigenvalue weighted by molar-refractivity contribution is 5.22. The maximum Gasteiger partial charge on any atom is 0.0950 e. The molecule has 0 spiro atoms. The molecular weight excluding hydrogens is 258 g/mol. The number of furan rings is 1. The maximum absolute atomic E-state index is 5.42. The second-order valence-corrected chi connectivity index (χ2v) is 9.04. The van der Waals surface area contributed by atoms with Gasteiger partial charge in [0, 0.05) is 11.6 Å². The van der Waals surface area contributed by atoms with E-state index in [-0.39, 0.29) is 0 Å². The van der Waals surface area contributed by atoms with Crippen molar-refractivity contribution in [3.63, 3.8) is 0 Å². The smallest absolute Gasteiger partial charge is 0.0950 e. The first kappa shape index (κ1) is 13.9. The molecule has 2 heteroatoms. The molecule has 116 valence electrons. The van der Waals surface area contributed by atoms with Crippen molar-refractivity contribution >= 4 is 0 Å². The SMILES string of the molecule is CCNC(c1ccoc1)C12CC3CC(C)(CC(C)(C3)C1)C2. The van der Waals surface area contributed by atoms with Crippen LogP contribution in [0.4, 0.5) is 0 Å². The number of hydrogen-bond donors (Lipinski definition) is 1. The Hall–Kier alpha value is -0.760. The van der Waals surface area contributed by atoms with E-state index in [1.165, 1.54) is 44.1 Å². The van der Waals surface area contributed by atoms with Gasteiger partial charge in [0.15, 0.2) is 0 Å². The van der Waals surface area contributed by atoms with Crippen molar-refractivity contribution in [2.24, 2.45) is 22.2 Å². The molecule has 4 saturated carbocycles. The Morgan fingerprint density at radius 1 is 1.19 bits per heavy atom. The second kappa shape index (κ2) is 4.38. The van der Waals surface area contributed by atoms with Gasteiger partial charge >= 0.3 is 0 Å². The molecule has 4 aliphatic rings. The summed E-state index contributed by atoms with van der Waals surface area (Å²) in [5, 5.41) is 3.82. The van der Waals surface area contributed by atoms with E-state index < -0.39 is 0 Å². The van der Waals surface area contributed by atoms with Crippen molar-refractivity contribution in [3.05, 3.63) is 24.2 Å². The number of nitrogens with one attached hydrogen (secondary N) is 1. The molecule has 1 aromatic heterocycles. The zero-order valence-electron chi connectivity index (χ0n) is 13.7. The van der Waals surface area contributed by atoms with Crippen LogP contribution in [-0.2, 0) is 0 Å². The topological polar surface area (TPSA) is 25.2 Å². The lowest BCUT2D eigenvalue weighted by molar-refractivity contribution is -0.158. The Bertz CT molecular complexity index is 502. The van der Waals surface area contributed by atoms with Crippen LogP contribution in [0.5, 0.6) is 0 Å². The molecule has 0 radical (unpaired) electrons. The quantitative estimate of drug-likeness (QED) is 0.849. The fourth-order valence-corrected chi connectivity index (χ4v) is 7.19. The number of rotatable bonds is 4. The zero-order valence-corrected chi connectivity index (χ0v) is 13.7. The van der Waals surface area contributed by atoms with Crippen molar-refractivity contribution in [1.82, 2.24) is 5.32 Å². The van der Waals surface area contributed by atoms with E-state index in [9.17, 15) is 0 Å². The average Bonchev–Trinajstić information content (AvgIpc) is 2.84. The first-order valence-corrected chi connectivity index (χ1v) is 8.72. The van der Waals surface area contributed by atoms with E-state index in [1.54, 1.807) is 0 Å². The van der Waals surface area contributed by atoms with E-state index in [0.717, 1.165) is 12.5 Å². The molecule has 2 nitrogen and oxygen atoms in total. The summed E-state index contributed by atoms with van der Waals surface area (Å²) >= 11 is 0. The van der Waals surface area contributed by atoms with Gasteiger partial charge in [-0.25, -0.2) is 0 Å². The minimum absolute atomic E-state index is 0.447. The lowest BCUT2D eigenvalue weighted by atomic mass is 9.39. The molecule has 1 N–H and O–H groups in total. The summed E-state index contributed by atoms with van der Waals surface area (Å²) in [5.74, 6) is 0.948. The van der Waals surface area contributed by atoms with Crippen LogP contribution in [0, 0.1) is 22.2 Å². The van der Waals surface area contributed by atoms with Crippen LogP contribution in [0.25, 0.3) is 0 Å². The molecule has 0 saturated heterocycles. The van der Waals surface area contributed by atoms with E-state index >= 15 is 0 Å². The summed E-state index contributed by atoms with van der Waals surface area (Å²) in [6, 6.07) is 2.65. The third kappa shape index (κ3) is 2.10. The minimum Gasteiger partial charge on any atom is -0.472 e. The minimum atomic E-state index is 0.447. The first-order chi connectivity index (χ1) is 9.96. The van der Waals surface area contributed by atoms with E-state index in [0.29, 0.717) is 22.3 Å². The first-order valence-electron chi connectivity index (χ1n) is 8.72. The average molecular weight is 287 g/mol. The summed E-state index contributed by atoms with van der Waals surface area (Å²) in [5.41, 5.74) is 2.96. The molecule has 0 aromatic carbocycles. The molecule has 4 aliphatic carbocycles. The molecule has 1 aromatic rings. The summed E-state index contributed by atoms with van der Waals surface area (Å²) in [4.78, 5) is 0. The molecular formula is C19H29NO. The van der Waals surface area contributed by atoms with Gasteiger partial charge in [-0.2, -0.15) is 0 Å². The van der Waals surface area contributed by atoms with Crippen molar-refractivity contribution in [2.75, 3.05) is 6.54 Å². The summed E-state index contributed by atoms with van der Waals surface area (Å²) in [7, 11) is 0. The highest BCUT2D eigenvalue weighted by Crippen LogP contribution is 2.72. The van der Waals surface area contributed by atoms with Crippen LogP contribution in [0.3, 0.4) is 0 Å². The highest BCUT2D eigenvalue weighted by Gasteiger charge is 2.62. The lowest BCUT2D eigenvalue weighted by Gasteiger charge is -2.67. The molecule has 1 heterocycles. The Labute approximate surface area is 128 Å². The maximum atomic E-state index is 5.42. The monoisotopic (exact) mass is 287 g/mol. The van der Waals surface area contributed by atoms with Gasteiger partial charge in [0.1, 0.15) is 0 Å². The normalized spacial score (nSPS) is 46.0. The molecule has 21 heavy (non-hydrogen) atoms. The second-order valence-electron chi connectivity index (χ2n) is 9.04. The summed E-state index contributed by atoms with van der Waals surface area (Å²) in [6.45, 7) is 8.39. The summed E-state index contributed by atoms with van der Waals surface area (Å²) < 4.78 is 5.42. The Kier molecular flexibility index (Phi) is 2.89. The van der Waals surface area contributed by atoms with Gasteiger partial charge in [-0.05, 0) is 73.3 Å². The molecule has 3 atom stereocenters.